The number of ether oxygens (including phenoxy) is 1. The van der Waals surface area contributed by atoms with Crippen LogP contribution >= 0.6 is 0 Å². The molecule has 0 aliphatic heterocycles. The van der Waals surface area contributed by atoms with Crippen LogP contribution in [0.5, 0.6) is 0 Å². The van der Waals surface area contributed by atoms with Crippen LogP contribution in [0.25, 0.3) is 22.4 Å². The lowest BCUT2D eigenvalue weighted by molar-refractivity contribution is -0.385. The minimum atomic E-state index is -0.754. The molecule has 2 aromatic heterocycles. The molecule has 33 heavy (non-hydrogen) atoms. The highest BCUT2D eigenvalue weighted by molar-refractivity contribution is 6.05. The lowest BCUT2D eigenvalue weighted by Gasteiger charge is -2.09. The number of nitro benzene ring substituents is 1. The molecule has 0 fully saturated rings. The fraction of sp³-hybridized carbons (Fsp3) is 0.130. The zero-order valence-corrected chi connectivity index (χ0v) is 17.7. The first-order chi connectivity index (χ1) is 15.8. The van der Waals surface area contributed by atoms with E-state index in [0.29, 0.717) is 22.3 Å². The minimum absolute atomic E-state index is 0.125. The Hall–Kier alpha value is -4.60. The Kier molecular flexibility index (Phi) is 5.81. The largest absolute Gasteiger partial charge is 0.452 e. The van der Waals surface area contributed by atoms with Crippen LogP contribution in [-0.4, -0.2) is 33.5 Å². The highest BCUT2D eigenvalue weighted by atomic mass is 16.6. The number of amides is 1. The van der Waals surface area contributed by atoms with Crippen molar-refractivity contribution in [3.05, 3.63) is 81.5 Å². The summed E-state index contributed by atoms with van der Waals surface area (Å²) in [7, 11) is 0. The number of aromatic nitrogens is 2. The van der Waals surface area contributed by atoms with Crippen LogP contribution < -0.4 is 5.32 Å². The van der Waals surface area contributed by atoms with Gasteiger partial charge in [0, 0.05) is 22.9 Å². The number of aryl methyl sites for hydroxylation is 2. The number of rotatable bonds is 6. The van der Waals surface area contributed by atoms with Gasteiger partial charge < -0.3 is 14.6 Å². The van der Waals surface area contributed by atoms with E-state index in [2.05, 4.69) is 15.5 Å². The number of pyridine rings is 1. The molecule has 1 N–H and O–H groups in total. The van der Waals surface area contributed by atoms with Crippen LogP contribution in [0.1, 0.15) is 21.6 Å². The molecular weight excluding hydrogens is 428 g/mol. The normalized spacial score (nSPS) is 10.7. The molecule has 0 aliphatic rings. The third-order valence-corrected chi connectivity index (χ3v) is 4.93. The number of hydrogen-bond acceptors (Lipinski definition) is 8. The Morgan fingerprint density at radius 3 is 2.61 bits per heavy atom. The first kappa shape index (κ1) is 21.6. The average Bonchev–Trinajstić information content (AvgIpc) is 3.19. The van der Waals surface area contributed by atoms with Crippen LogP contribution in [0, 0.1) is 24.0 Å². The number of nitrogens with one attached hydrogen (secondary N) is 1. The number of nitro groups is 1. The van der Waals surface area contributed by atoms with Gasteiger partial charge in [0.2, 0.25) is 0 Å². The number of fused-ring (bicyclic) bond motifs is 1. The van der Waals surface area contributed by atoms with Gasteiger partial charge >= 0.3 is 5.97 Å². The molecule has 4 aromatic rings. The second kappa shape index (κ2) is 8.87. The number of anilines is 1. The van der Waals surface area contributed by atoms with Crippen LogP contribution in [-0.2, 0) is 9.53 Å². The van der Waals surface area contributed by atoms with E-state index < -0.39 is 23.4 Å². The Labute approximate surface area is 187 Å². The molecule has 1 amide bonds. The fourth-order valence-electron chi connectivity index (χ4n) is 3.30. The molecule has 4 rings (SSSR count). The SMILES string of the molecule is Cc1ccc(NC(=O)COC(=O)c2cc(-c3ccccc3)nc3onc(C)c23)cc1[N+](=O)[O-]. The van der Waals surface area contributed by atoms with Crippen molar-refractivity contribution in [2.24, 2.45) is 0 Å². The van der Waals surface area contributed by atoms with Gasteiger partial charge in [-0.15, -0.1) is 0 Å². The summed E-state index contributed by atoms with van der Waals surface area (Å²) < 4.78 is 10.4. The quantitative estimate of drug-likeness (QED) is 0.264. The zero-order valence-electron chi connectivity index (χ0n) is 17.7. The van der Waals surface area contributed by atoms with E-state index in [1.165, 1.54) is 18.2 Å². The molecule has 2 heterocycles. The smallest absolute Gasteiger partial charge is 0.339 e. The maximum absolute atomic E-state index is 12.8. The van der Waals surface area contributed by atoms with Crippen LogP contribution in [0.15, 0.2) is 59.1 Å². The van der Waals surface area contributed by atoms with Crippen molar-refractivity contribution in [3.63, 3.8) is 0 Å². The summed E-state index contributed by atoms with van der Waals surface area (Å²) in [4.78, 5) is 40.1. The summed E-state index contributed by atoms with van der Waals surface area (Å²) in [5.74, 6) is -1.40. The van der Waals surface area contributed by atoms with E-state index in [1.807, 2.05) is 30.3 Å². The minimum Gasteiger partial charge on any atom is -0.452 e. The molecule has 0 atom stereocenters. The van der Waals surface area contributed by atoms with Crippen LogP contribution in [0.4, 0.5) is 11.4 Å². The Balaban J connectivity index is 1.53. The molecule has 0 aliphatic carbocycles. The number of carbonyl (C=O) groups is 2. The summed E-state index contributed by atoms with van der Waals surface area (Å²) in [6.07, 6.45) is 0. The highest BCUT2D eigenvalue weighted by Gasteiger charge is 2.21. The first-order valence-electron chi connectivity index (χ1n) is 9.88. The van der Waals surface area contributed by atoms with Crippen molar-refractivity contribution in [2.75, 3.05) is 11.9 Å². The van der Waals surface area contributed by atoms with E-state index >= 15 is 0 Å². The van der Waals surface area contributed by atoms with Gasteiger partial charge in [-0.3, -0.25) is 14.9 Å². The van der Waals surface area contributed by atoms with Gasteiger partial charge in [0.05, 0.1) is 27.3 Å². The third-order valence-electron chi connectivity index (χ3n) is 4.93. The maximum atomic E-state index is 12.8. The maximum Gasteiger partial charge on any atom is 0.339 e. The average molecular weight is 446 g/mol. The van der Waals surface area contributed by atoms with Crippen molar-refractivity contribution in [3.8, 4) is 11.3 Å². The lowest BCUT2D eigenvalue weighted by atomic mass is 10.1. The Morgan fingerprint density at radius 1 is 1.12 bits per heavy atom. The van der Waals surface area contributed by atoms with E-state index in [4.69, 9.17) is 9.26 Å². The molecule has 2 aromatic carbocycles. The van der Waals surface area contributed by atoms with Crippen molar-refractivity contribution in [1.82, 2.24) is 10.1 Å². The fourth-order valence-corrected chi connectivity index (χ4v) is 3.30. The van der Waals surface area contributed by atoms with Crippen LogP contribution in [0.2, 0.25) is 0 Å². The standard InChI is InChI=1S/C23H18N4O6/c1-13-8-9-16(10-19(13)27(30)31)24-20(28)12-32-23(29)17-11-18(15-6-4-3-5-7-15)25-22-21(17)14(2)26-33-22/h3-11H,12H2,1-2H3,(H,24,28). The molecule has 0 saturated heterocycles. The molecule has 0 unspecified atom stereocenters. The molecule has 10 heteroatoms. The second-order valence-electron chi connectivity index (χ2n) is 7.25. The predicted octanol–water partition coefficient (Wildman–Crippen LogP) is 4.21. The third kappa shape index (κ3) is 4.54. The van der Waals surface area contributed by atoms with Gasteiger partial charge in [-0.2, -0.15) is 0 Å². The van der Waals surface area contributed by atoms with E-state index in [1.54, 1.807) is 19.9 Å². The summed E-state index contributed by atoms with van der Waals surface area (Å²) in [5.41, 5.74) is 2.61. The number of esters is 1. The van der Waals surface area contributed by atoms with E-state index in [-0.39, 0.29) is 22.7 Å². The first-order valence-corrected chi connectivity index (χ1v) is 9.88. The van der Waals surface area contributed by atoms with Crippen LogP contribution in [0.3, 0.4) is 0 Å². The summed E-state index contributed by atoms with van der Waals surface area (Å²) in [6, 6.07) is 15.1. The highest BCUT2D eigenvalue weighted by Crippen LogP contribution is 2.27. The summed E-state index contributed by atoms with van der Waals surface area (Å²) >= 11 is 0. The number of benzene rings is 2. The number of carbonyl (C=O) groups excluding carboxylic acids is 2. The molecule has 0 spiro atoms. The van der Waals surface area contributed by atoms with Gasteiger partial charge in [0.1, 0.15) is 0 Å². The molecular formula is C23H18N4O6. The molecule has 166 valence electrons. The zero-order chi connectivity index (χ0) is 23.5. The topological polar surface area (TPSA) is 137 Å². The van der Waals surface area contributed by atoms with Crippen molar-refractivity contribution < 1.29 is 23.8 Å². The molecule has 10 nitrogen and oxygen atoms in total. The van der Waals surface area contributed by atoms with E-state index in [9.17, 15) is 19.7 Å². The molecule has 0 bridgehead atoms. The van der Waals surface area contributed by atoms with Crippen molar-refractivity contribution in [1.29, 1.82) is 0 Å². The lowest BCUT2D eigenvalue weighted by Crippen LogP contribution is -2.21. The number of nitrogens with zero attached hydrogens (tertiary/aromatic N) is 3. The van der Waals surface area contributed by atoms with Gasteiger partial charge in [-0.25, -0.2) is 9.78 Å². The van der Waals surface area contributed by atoms with Gasteiger partial charge in [-0.1, -0.05) is 41.6 Å². The van der Waals surface area contributed by atoms with Gasteiger partial charge in [0.15, 0.2) is 6.61 Å². The summed E-state index contributed by atoms with van der Waals surface area (Å²) in [5, 5.41) is 17.8. The molecule has 0 radical (unpaired) electrons. The Morgan fingerprint density at radius 2 is 1.88 bits per heavy atom. The Bertz CT molecular complexity index is 1380. The second-order valence-corrected chi connectivity index (χ2v) is 7.25. The van der Waals surface area contributed by atoms with Crippen molar-refractivity contribution >= 4 is 34.4 Å². The number of hydrogen-bond donors (Lipinski definition) is 1. The molecule has 0 saturated carbocycles. The van der Waals surface area contributed by atoms with Gasteiger partial charge in [0.25, 0.3) is 17.3 Å². The van der Waals surface area contributed by atoms with Gasteiger partial charge in [-0.05, 0) is 26.0 Å². The summed E-state index contributed by atoms with van der Waals surface area (Å²) in [6.45, 7) is 2.68. The van der Waals surface area contributed by atoms with E-state index in [0.717, 1.165) is 5.56 Å². The van der Waals surface area contributed by atoms with Crippen molar-refractivity contribution in [2.45, 2.75) is 13.8 Å². The predicted molar refractivity (Wildman–Crippen MR) is 119 cm³/mol. The monoisotopic (exact) mass is 446 g/mol.